The summed E-state index contributed by atoms with van der Waals surface area (Å²) in [7, 11) is 1.94. The lowest BCUT2D eigenvalue weighted by Crippen LogP contribution is -2.39. The molecule has 1 aliphatic carbocycles. The quantitative estimate of drug-likeness (QED) is 0.710. The van der Waals surface area contributed by atoms with E-state index >= 15 is 0 Å². The van der Waals surface area contributed by atoms with Gasteiger partial charge in [0.15, 0.2) is 0 Å². The van der Waals surface area contributed by atoms with Crippen molar-refractivity contribution >= 4 is 0 Å². The van der Waals surface area contributed by atoms with Gasteiger partial charge in [-0.25, -0.2) is 0 Å². The zero-order valence-corrected chi connectivity index (χ0v) is 8.16. The van der Waals surface area contributed by atoms with Gasteiger partial charge in [0.1, 0.15) is 0 Å². The molecule has 1 aromatic heterocycles. The Labute approximate surface area is 78.9 Å². The van der Waals surface area contributed by atoms with Gasteiger partial charge < -0.3 is 5.73 Å². The summed E-state index contributed by atoms with van der Waals surface area (Å²) >= 11 is 0. The van der Waals surface area contributed by atoms with Gasteiger partial charge in [0.05, 0.1) is 11.2 Å². The molecule has 13 heavy (non-hydrogen) atoms. The molecule has 1 aromatic rings. The summed E-state index contributed by atoms with van der Waals surface area (Å²) in [6.45, 7) is 0. The monoisotopic (exact) mass is 179 g/mol. The molecule has 0 saturated heterocycles. The zero-order chi connectivity index (χ0) is 9.31. The first kappa shape index (κ1) is 8.75. The van der Waals surface area contributed by atoms with E-state index in [4.69, 9.17) is 5.73 Å². The minimum Gasteiger partial charge on any atom is -0.320 e. The standard InChI is InChI=1S/C10H17N3/c1-13-8-5-9(12-13)10(11)6-3-2-4-7-10/h5,8H,2-4,6-7,11H2,1H3. The van der Waals surface area contributed by atoms with Crippen LogP contribution in [0.15, 0.2) is 12.3 Å². The van der Waals surface area contributed by atoms with Crippen LogP contribution in [0.5, 0.6) is 0 Å². The Hall–Kier alpha value is -0.830. The molecule has 0 atom stereocenters. The van der Waals surface area contributed by atoms with Crippen LogP contribution in [-0.2, 0) is 12.6 Å². The van der Waals surface area contributed by atoms with E-state index in [0.717, 1.165) is 18.5 Å². The molecule has 1 saturated carbocycles. The van der Waals surface area contributed by atoms with Gasteiger partial charge in [-0.05, 0) is 18.9 Å². The van der Waals surface area contributed by atoms with E-state index < -0.39 is 0 Å². The van der Waals surface area contributed by atoms with E-state index in [1.54, 1.807) is 0 Å². The van der Waals surface area contributed by atoms with E-state index in [1.165, 1.54) is 19.3 Å². The second-order valence-corrected chi connectivity index (χ2v) is 4.09. The SMILES string of the molecule is Cn1ccc(C2(N)CCCCC2)n1. The minimum atomic E-state index is -0.139. The Morgan fingerprint density at radius 3 is 2.62 bits per heavy atom. The first-order valence-corrected chi connectivity index (χ1v) is 5.00. The van der Waals surface area contributed by atoms with Crippen molar-refractivity contribution < 1.29 is 0 Å². The predicted molar refractivity (Wildman–Crippen MR) is 52.2 cm³/mol. The highest BCUT2D eigenvalue weighted by molar-refractivity contribution is 5.13. The number of hydrogen-bond donors (Lipinski definition) is 1. The molecule has 3 nitrogen and oxygen atoms in total. The minimum absolute atomic E-state index is 0.139. The molecular weight excluding hydrogens is 162 g/mol. The van der Waals surface area contributed by atoms with Crippen LogP contribution in [0.1, 0.15) is 37.8 Å². The number of rotatable bonds is 1. The summed E-state index contributed by atoms with van der Waals surface area (Å²) in [6, 6.07) is 2.05. The maximum Gasteiger partial charge on any atom is 0.0823 e. The van der Waals surface area contributed by atoms with Gasteiger partial charge >= 0.3 is 0 Å². The number of aromatic nitrogens is 2. The molecule has 0 spiro atoms. The highest BCUT2D eigenvalue weighted by Gasteiger charge is 2.31. The summed E-state index contributed by atoms with van der Waals surface area (Å²) in [5, 5.41) is 4.40. The molecule has 0 unspecified atom stereocenters. The summed E-state index contributed by atoms with van der Waals surface area (Å²) in [6.07, 6.45) is 7.96. The van der Waals surface area contributed by atoms with E-state index in [0.29, 0.717) is 0 Å². The van der Waals surface area contributed by atoms with Crippen LogP contribution >= 0.6 is 0 Å². The topological polar surface area (TPSA) is 43.8 Å². The van der Waals surface area contributed by atoms with Crippen LogP contribution in [0.3, 0.4) is 0 Å². The molecule has 0 amide bonds. The number of hydrogen-bond acceptors (Lipinski definition) is 2. The lowest BCUT2D eigenvalue weighted by molar-refractivity contribution is 0.293. The average Bonchev–Trinajstić information content (AvgIpc) is 2.54. The Kier molecular flexibility index (Phi) is 2.12. The smallest absolute Gasteiger partial charge is 0.0823 e. The maximum atomic E-state index is 6.32. The first-order valence-electron chi connectivity index (χ1n) is 5.00. The summed E-state index contributed by atoms with van der Waals surface area (Å²) in [4.78, 5) is 0. The van der Waals surface area contributed by atoms with Crippen LogP contribution in [0.25, 0.3) is 0 Å². The molecule has 2 N–H and O–H groups in total. The van der Waals surface area contributed by atoms with Crippen LogP contribution in [0.2, 0.25) is 0 Å². The predicted octanol–water partition coefficient (Wildman–Crippen LogP) is 1.54. The Balaban J connectivity index is 2.22. The largest absolute Gasteiger partial charge is 0.320 e. The van der Waals surface area contributed by atoms with E-state index in [-0.39, 0.29) is 5.54 Å². The van der Waals surface area contributed by atoms with Crippen molar-refractivity contribution in [3.05, 3.63) is 18.0 Å². The van der Waals surface area contributed by atoms with Crippen molar-refractivity contribution in [1.82, 2.24) is 9.78 Å². The van der Waals surface area contributed by atoms with E-state index in [9.17, 15) is 0 Å². The molecule has 0 aliphatic heterocycles. The first-order chi connectivity index (χ1) is 6.21. The molecule has 2 rings (SSSR count). The van der Waals surface area contributed by atoms with Crippen LogP contribution in [0, 0.1) is 0 Å². The highest BCUT2D eigenvalue weighted by Crippen LogP contribution is 2.33. The van der Waals surface area contributed by atoms with Crippen molar-refractivity contribution in [3.63, 3.8) is 0 Å². The van der Waals surface area contributed by atoms with E-state index in [2.05, 4.69) is 5.10 Å². The average molecular weight is 179 g/mol. The third kappa shape index (κ3) is 1.61. The normalized spacial score (nSPS) is 21.7. The fraction of sp³-hybridized carbons (Fsp3) is 0.700. The summed E-state index contributed by atoms with van der Waals surface area (Å²) < 4.78 is 1.83. The molecule has 1 aliphatic rings. The number of nitrogens with two attached hydrogens (primary N) is 1. The molecule has 1 heterocycles. The van der Waals surface area contributed by atoms with Crippen LogP contribution in [-0.4, -0.2) is 9.78 Å². The van der Waals surface area contributed by atoms with Gasteiger partial charge in [-0.15, -0.1) is 0 Å². The molecule has 3 heteroatoms. The van der Waals surface area contributed by atoms with Crippen molar-refractivity contribution in [1.29, 1.82) is 0 Å². The van der Waals surface area contributed by atoms with E-state index in [1.807, 2.05) is 24.0 Å². The van der Waals surface area contributed by atoms with Crippen molar-refractivity contribution in [2.75, 3.05) is 0 Å². The van der Waals surface area contributed by atoms with Gasteiger partial charge in [0.2, 0.25) is 0 Å². The van der Waals surface area contributed by atoms with Gasteiger partial charge in [0, 0.05) is 13.2 Å². The molecule has 0 radical (unpaired) electrons. The van der Waals surface area contributed by atoms with Gasteiger partial charge in [-0.2, -0.15) is 5.10 Å². The van der Waals surface area contributed by atoms with Crippen LogP contribution in [0.4, 0.5) is 0 Å². The lowest BCUT2D eigenvalue weighted by Gasteiger charge is -2.31. The maximum absolute atomic E-state index is 6.32. The van der Waals surface area contributed by atoms with Crippen molar-refractivity contribution in [3.8, 4) is 0 Å². The molecular formula is C10H17N3. The Bertz CT molecular complexity index is 284. The fourth-order valence-corrected chi connectivity index (χ4v) is 2.12. The number of nitrogens with zero attached hydrogens (tertiary/aromatic N) is 2. The van der Waals surface area contributed by atoms with Gasteiger partial charge in [-0.1, -0.05) is 19.3 Å². The summed E-state index contributed by atoms with van der Waals surface area (Å²) in [5.41, 5.74) is 7.24. The number of aryl methyl sites for hydroxylation is 1. The lowest BCUT2D eigenvalue weighted by atomic mass is 9.80. The molecule has 72 valence electrons. The zero-order valence-electron chi connectivity index (χ0n) is 8.16. The second-order valence-electron chi connectivity index (χ2n) is 4.09. The van der Waals surface area contributed by atoms with Crippen molar-refractivity contribution in [2.45, 2.75) is 37.6 Å². The van der Waals surface area contributed by atoms with Gasteiger partial charge in [0.25, 0.3) is 0 Å². The molecule has 1 fully saturated rings. The van der Waals surface area contributed by atoms with Gasteiger partial charge in [-0.3, -0.25) is 4.68 Å². The molecule has 0 bridgehead atoms. The summed E-state index contributed by atoms with van der Waals surface area (Å²) in [5.74, 6) is 0. The fourth-order valence-electron chi connectivity index (χ4n) is 2.12. The second kappa shape index (κ2) is 3.14. The van der Waals surface area contributed by atoms with Crippen molar-refractivity contribution in [2.24, 2.45) is 12.8 Å². The third-order valence-corrected chi connectivity index (χ3v) is 2.97. The van der Waals surface area contributed by atoms with Crippen LogP contribution < -0.4 is 5.73 Å². The highest BCUT2D eigenvalue weighted by atomic mass is 15.3. The Morgan fingerprint density at radius 2 is 2.08 bits per heavy atom. The molecule has 0 aromatic carbocycles. The Morgan fingerprint density at radius 1 is 1.38 bits per heavy atom. The third-order valence-electron chi connectivity index (χ3n) is 2.97.